The first-order valence-electron chi connectivity index (χ1n) is 10.0. The maximum Gasteiger partial charge on any atom is 0.255 e. The molecule has 1 fully saturated rings. The molecule has 0 spiro atoms. The smallest absolute Gasteiger partial charge is 0.255 e. The number of methoxy groups -OCH3 is 1. The number of amides is 2. The summed E-state index contributed by atoms with van der Waals surface area (Å²) in [6.45, 7) is 4.77. The lowest BCUT2D eigenvalue weighted by Crippen LogP contribution is -2.24. The summed E-state index contributed by atoms with van der Waals surface area (Å²) in [6, 6.07) is 17.0. The molecule has 2 heterocycles. The zero-order chi connectivity index (χ0) is 21.3. The van der Waals surface area contributed by atoms with Gasteiger partial charge in [-0.2, -0.15) is 0 Å². The van der Waals surface area contributed by atoms with Crippen LogP contribution >= 0.6 is 0 Å². The van der Waals surface area contributed by atoms with Gasteiger partial charge in [0.15, 0.2) is 0 Å². The first-order chi connectivity index (χ1) is 14.5. The maximum atomic E-state index is 12.8. The van der Waals surface area contributed by atoms with Crippen LogP contribution in [0.25, 0.3) is 5.69 Å². The van der Waals surface area contributed by atoms with E-state index in [4.69, 9.17) is 4.74 Å². The van der Waals surface area contributed by atoms with Crippen LogP contribution < -0.4 is 15.0 Å². The molecule has 0 saturated carbocycles. The largest absolute Gasteiger partial charge is 0.495 e. The lowest BCUT2D eigenvalue weighted by atomic mass is 10.1. The van der Waals surface area contributed by atoms with Crippen LogP contribution in [0.4, 0.5) is 11.4 Å². The monoisotopic (exact) mass is 403 g/mol. The highest BCUT2D eigenvalue weighted by Gasteiger charge is 2.25. The number of carbonyl (C=O) groups excluding carboxylic acids is 2. The summed E-state index contributed by atoms with van der Waals surface area (Å²) in [6.07, 6.45) is 1.36. The first-order valence-corrected chi connectivity index (χ1v) is 10.0. The summed E-state index contributed by atoms with van der Waals surface area (Å²) >= 11 is 0. The minimum atomic E-state index is -0.202. The molecule has 1 aliphatic rings. The molecule has 0 aliphatic carbocycles. The Bertz CT molecular complexity index is 1080. The molecule has 154 valence electrons. The van der Waals surface area contributed by atoms with Gasteiger partial charge in [0.25, 0.3) is 5.91 Å². The van der Waals surface area contributed by atoms with Crippen molar-refractivity contribution < 1.29 is 14.3 Å². The van der Waals surface area contributed by atoms with Crippen molar-refractivity contribution in [1.29, 1.82) is 0 Å². The molecule has 6 heteroatoms. The Morgan fingerprint density at radius 2 is 1.70 bits per heavy atom. The summed E-state index contributed by atoms with van der Waals surface area (Å²) in [5.74, 6) is 0.486. The van der Waals surface area contributed by atoms with Gasteiger partial charge in [-0.05, 0) is 74.9 Å². The third-order valence-corrected chi connectivity index (χ3v) is 5.46. The average Bonchev–Trinajstić information content (AvgIpc) is 3.32. The second-order valence-electron chi connectivity index (χ2n) is 7.49. The Labute approximate surface area is 176 Å². The molecule has 3 aromatic rings. The number of aromatic nitrogens is 1. The molecule has 6 nitrogen and oxygen atoms in total. The normalized spacial score (nSPS) is 13.6. The van der Waals surface area contributed by atoms with Crippen molar-refractivity contribution in [3.63, 3.8) is 0 Å². The lowest BCUT2D eigenvalue weighted by Gasteiger charge is -2.20. The molecule has 0 unspecified atom stereocenters. The van der Waals surface area contributed by atoms with Crippen molar-refractivity contribution in [2.45, 2.75) is 26.7 Å². The van der Waals surface area contributed by atoms with Crippen molar-refractivity contribution in [2.75, 3.05) is 23.9 Å². The number of rotatable bonds is 5. The highest BCUT2D eigenvalue weighted by atomic mass is 16.5. The third-order valence-electron chi connectivity index (χ3n) is 5.46. The van der Waals surface area contributed by atoms with E-state index in [2.05, 4.69) is 35.9 Å². The van der Waals surface area contributed by atoms with Crippen molar-refractivity contribution in [1.82, 2.24) is 4.57 Å². The van der Waals surface area contributed by atoms with Crippen LogP contribution in [0.2, 0.25) is 0 Å². The zero-order valence-electron chi connectivity index (χ0n) is 17.4. The Hall–Kier alpha value is -3.54. The van der Waals surface area contributed by atoms with Crippen LogP contribution in [0, 0.1) is 13.8 Å². The Morgan fingerprint density at radius 1 is 1.00 bits per heavy atom. The van der Waals surface area contributed by atoms with Gasteiger partial charge < -0.3 is 19.5 Å². The molecule has 4 rings (SSSR count). The van der Waals surface area contributed by atoms with Gasteiger partial charge in [0.2, 0.25) is 5.91 Å². The van der Waals surface area contributed by atoms with Crippen LogP contribution in [0.1, 0.15) is 34.6 Å². The van der Waals surface area contributed by atoms with Gasteiger partial charge in [0.05, 0.1) is 12.8 Å². The minimum Gasteiger partial charge on any atom is -0.495 e. The second kappa shape index (κ2) is 8.06. The Balaban J connectivity index is 1.54. The number of aryl methyl sites for hydroxylation is 2. The van der Waals surface area contributed by atoms with Gasteiger partial charge in [0.1, 0.15) is 5.75 Å². The number of nitrogens with one attached hydrogen (secondary N) is 1. The lowest BCUT2D eigenvalue weighted by molar-refractivity contribution is -0.117. The number of benzene rings is 2. The fourth-order valence-electron chi connectivity index (χ4n) is 3.92. The number of hydrogen-bond donors (Lipinski definition) is 1. The first kappa shape index (κ1) is 19.8. The Kier molecular flexibility index (Phi) is 5.31. The molecule has 0 bridgehead atoms. The van der Waals surface area contributed by atoms with Gasteiger partial charge in [-0.1, -0.05) is 0 Å². The van der Waals surface area contributed by atoms with E-state index in [1.807, 2.05) is 24.3 Å². The molecule has 0 radical (unpaired) electrons. The van der Waals surface area contributed by atoms with E-state index in [9.17, 15) is 9.59 Å². The molecule has 0 atom stereocenters. The van der Waals surface area contributed by atoms with E-state index >= 15 is 0 Å². The van der Waals surface area contributed by atoms with E-state index in [0.29, 0.717) is 35.7 Å². The summed E-state index contributed by atoms with van der Waals surface area (Å²) in [7, 11) is 1.58. The highest BCUT2D eigenvalue weighted by molar-refractivity contribution is 6.05. The highest BCUT2D eigenvalue weighted by Crippen LogP contribution is 2.34. The summed E-state index contributed by atoms with van der Waals surface area (Å²) in [4.78, 5) is 26.6. The molecule has 1 saturated heterocycles. The zero-order valence-corrected chi connectivity index (χ0v) is 17.4. The quantitative estimate of drug-likeness (QED) is 0.683. The van der Waals surface area contributed by atoms with Crippen LogP contribution in [0.5, 0.6) is 5.75 Å². The van der Waals surface area contributed by atoms with Crippen molar-refractivity contribution in [2.24, 2.45) is 0 Å². The fourth-order valence-corrected chi connectivity index (χ4v) is 3.92. The van der Waals surface area contributed by atoms with Crippen LogP contribution in [0.15, 0.2) is 54.6 Å². The maximum absolute atomic E-state index is 12.8. The number of anilines is 2. The van der Waals surface area contributed by atoms with Gasteiger partial charge in [-0.3, -0.25) is 9.59 Å². The van der Waals surface area contributed by atoms with E-state index in [1.54, 1.807) is 30.2 Å². The second-order valence-corrected chi connectivity index (χ2v) is 7.49. The van der Waals surface area contributed by atoms with Crippen LogP contribution in [0.3, 0.4) is 0 Å². The molecule has 1 aromatic heterocycles. The molecule has 1 aliphatic heterocycles. The summed E-state index contributed by atoms with van der Waals surface area (Å²) in [5, 5.41) is 2.93. The van der Waals surface area contributed by atoms with Crippen molar-refractivity contribution in [3.05, 3.63) is 71.5 Å². The number of ether oxygens (including phenoxy) is 1. The van der Waals surface area contributed by atoms with Crippen LogP contribution in [-0.4, -0.2) is 30.0 Å². The van der Waals surface area contributed by atoms with Gasteiger partial charge >= 0.3 is 0 Å². The Morgan fingerprint density at radius 3 is 2.30 bits per heavy atom. The van der Waals surface area contributed by atoms with E-state index in [1.165, 1.54) is 0 Å². The van der Waals surface area contributed by atoms with E-state index in [-0.39, 0.29) is 11.8 Å². The van der Waals surface area contributed by atoms with Crippen molar-refractivity contribution in [3.8, 4) is 11.4 Å². The average molecular weight is 403 g/mol. The van der Waals surface area contributed by atoms with E-state index in [0.717, 1.165) is 23.5 Å². The molecular weight excluding hydrogens is 378 g/mol. The van der Waals surface area contributed by atoms with Gasteiger partial charge in [-0.15, -0.1) is 0 Å². The topological polar surface area (TPSA) is 63.6 Å². The predicted molar refractivity (Wildman–Crippen MR) is 118 cm³/mol. The van der Waals surface area contributed by atoms with Gasteiger partial charge in [-0.25, -0.2) is 0 Å². The number of carbonyl (C=O) groups is 2. The molecule has 30 heavy (non-hydrogen) atoms. The number of hydrogen-bond acceptors (Lipinski definition) is 3. The standard InChI is InChI=1S/C24H25N3O3/c1-16-6-7-17(2)27(16)20-11-8-18(9-12-20)24(29)25-19-10-13-22(30-3)21(15-19)26-14-4-5-23(26)28/h6-13,15H,4-5,14H2,1-3H3,(H,25,29). The molecule has 2 aromatic carbocycles. The third kappa shape index (κ3) is 3.68. The number of nitrogens with zero attached hydrogens (tertiary/aromatic N) is 2. The summed E-state index contributed by atoms with van der Waals surface area (Å²) < 4.78 is 7.55. The van der Waals surface area contributed by atoms with Crippen molar-refractivity contribution >= 4 is 23.2 Å². The fraction of sp³-hybridized carbons (Fsp3) is 0.250. The summed E-state index contributed by atoms with van der Waals surface area (Å²) in [5.41, 5.74) is 5.18. The van der Waals surface area contributed by atoms with Gasteiger partial charge in [0, 0.05) is 41.3 Å². The minimum absolute atomic E-state index is 0.0722. The molecule has 2 amide bonds. The molecular formula is C24H25N3O3. The van der Waals surface area contributed by atoms with Crippen LogP contribution in [-0.2, 0) is 4.79 Å². The van der Waals surface area contributed by atoms with E-state index < -0.39 is 0 Å². The SMILES string of the molecule is COc1ccc(NC(=O)c2ccc(-n3c(C)ccc3C)cc2)cc1N1CCCC1=O. The molecule has 1 N–H and O–H groups in total. The predicted octanol–water partition coefficient (Wildman–Crippen LogP) is 4.48.